The Labute approximate surface area is 183 Å². The van der Waals surface area contributed by atoms with Crippen LogP contribution >= 0.6 is 11.6 Å². The predicted octanol–water partition coefficient (Wildman–Crippen LogP) is 4.08. The van der Waals surface area contributed by atoms with Crippen molar-refractivity contribution < 1.29 is 22.3 Å². The van der Waals surface area contributed by atoms with Gasteiger partial charge < -0.3 is 9.47 Å². The van der Waals surface area contributed by atoms with Gasteiger partial charge in [-0.2, -0.15) is 22.9 Å². The molecule has 3 rings (SSSR count). The van der Waals surface area contributed by atoms with E-state index in [2.05, 4.69) is 19.9 Å². The highest BCUT2D eigenvalue weighted by Gasteiger charge is 2.14. The zero-order chi connectivity index (χ0) is 22.4. The van der Waals surface area contributed by atoms with Crippen LogP contribution in [-0.4, -0.2) is 31.2 Å². The lowest BCUT2D eigenvalue weighted by atomic mass is 10.2. The molecule has 1 heterocycles. The molecule has 2 aromatic carbocycles. The van der Waals surface area contributed by atoms with Crippen LogP contribution < -0.4 is 14.3 Å². The third-order valence-electron chi connectivity index (χ3n) is 3.87. The molecule has 0 aliphatic rings. The number of nitrogens with one attached hydrogen (secondary N) is 1. The van der Waals surface area contributed by atoms with Gasteiger partial charge in [-0.3, -0.25) is 0 Å². The molecular weight excluding hydrogens is 447 g/mol. The number of hydrogen-bond acceptors (Lipinski definition) is 7. The predicted molar refractivity (Wildman–Crippen MR) is 114 cm³/mol. The number of nitrogens with zero attached hydrogens (tertiary/aromatic N) is 3. The molecule has 0 atom stereocenters. The number of benzene rings is 2. The van der Waals surface area contributed by atoms with E-state index in [9.17, 15) is 12.8 Å². The fraction of sp³-hybridized carbons (Fsp3) is 0.150. The molecule has 0 aliphatic carbocycles. The van der Waals surface area contributed by atoms with E-state index in [4.69, 9.17) is 21.1 Å². The second-order valence-corrected chi connectivity index (χ2v) is 8.20. The van der Waals surface area contributed by atoms with Crippen molar-refractivity contribution in [3.63, 3.8) is 0 Å². The second kappa shape index (κ2) is 9.71. The Morgan fingerprint density at radius 3 is 2.65 bits per heavy atom. The van der Waals surface area contributed by atoms with Crippen LogP contribution in [-0.2, 0) is 10.0 Å². The third-order valence-corrected chi connectivity index (χ3v) is 5.30. The minimum absolute atomic E-state index is 0.0968. The Bertz CT molecular complexity index is 1200. The van der Waals surface area contributed by atoms with Crippen molar-refractivity contribution in [2.24, 2.45) is 5.10 Å². The smallest absolute Gasteiger partial charge is 0.276 e. The van der Waals surface area contributed by atoms with Gasteiger partial charge in [0.05, 0.1) is 23.9 Å². The van der Waals surface area contributed by atoms with Crippen LogP contribution in [0, 0.1) is 12.7 Å². The van der Waals surface area contributed by atoms with Crippen molar-refractivity contribution in [2.45, 2.75) is 18.7 Å². The summed E-state index contributed by atoms with van der Waals surface area (Å²) in [5.74, 6) is -0.675. The second-order valence-electron chi connectivity index (χ2n) is 6.20. The van der Waals surface area contributed by atoms with E-state index in [0.29, 0.717) is 12.2 Å². The summed E-state index contributed by atoms with van der Waals surface area (Å²) in [6.07, 6.45) is 2.20. The number of sulfonamides is 1. The van der Waals surface area contributed by atoms with E-state index in [1.54, 1.807) is 31.2 Å². The first-order chi connectivity index (χ1) is 14.8. The molecule has 0 aliphatic heterocycles. The number of aryl methyl sites for hydroxylation is 1. The van der Waals surface area contributed by atoms with Gasteiger partial charge in [0.2, 0.25) is 11.1 Å². The first kappa shape index (κ1) is 22.4. The van der Waals surface area contributed by atoms with E-state index < -0.39 is 15.8 Å². The third kappa shape index (κ3) is 5.89. The molecule has 0 radical (unpaired) electrons. The van der Waals surface area contributed by atoms with Crippen LogP contribution in [0.5, 0.6) is 17.4 Å². The Morgan fingerprint density at radius 2 is 1.94 bits per heavy atom. The zero-order valence-electron chi connectivity index (χ0n) is 16.5. The summed E-state index contributed by atoms with van der Waals surface area (Å²) in [4.78, 5) is 9.48. The topological polar surface area (TPSA) is 103 Å². The first-order valence-electron chi connectivity index (χ1n) is 9.03. The van der Waals surface area contributed by atoms with Crippen LogP contribution in [0.4, 0.5) is 4.39 Å². The molecule has 1 N–H and O–H groups in total. The van der Waals surface area contributed by atoms with Crippen LogP contribution in [0.25, 0.3) is 0 Å². The number of aromatic nitrogens is 2. The lowest BCUT2D eigenvalue weighted by Crippen LogP contribution is -2.18. The molecule has 3 aromatic rings. The van der Waals surface area contributed by atoms with E-state index in [-0.39, 0.29) is 27.6 Å². The maximum atomic E-state index is 13.9. The summed E-state index contributed by atoms with van der Waals surface area (Å²) in [5.41, 5.74) is 1.46. The molecule has 8 nitrogen and oxygen atoms in total. The Kier molecular flexibility index (Phi) is 7.03. The van der Waals surface area contributed by atoms with Crippen molar-refractivity contribution in [1.29, 1.82) is 0 Å². The molecule has 0 spiro atoms. The monoisotopic (exact) mass is 464 g/mol. The van der Waals surface area contributed by atoms with Crippen LogP contribution in [0.2, 0.25) is 5.28 Å². The molecule has 0 fully saturated rings. The van der Waals surface area contributed by atoms with Gasteiger partial charge in [0.15, 0.2) is 11.5 Å². The largest absolute Gasteiger partial charge is 0.490 e. The maximum Gasteiger partial charge on any atom is 0.276 e. The highest BCUT2D eigenvalue weighted by atomic mass is 35.5. The maximum absolute atomic E-state index is 13.9. The number of ether oxygens (including phenoxy) is 2. The summed E-state index contributed by atoms with van der Waals surface area (Å²) in [6.45, 7) is 3.94. The first-order valence-corrected chi connectivity index (χ1v) is 10.9. The molecule has 11 heteroatoms. The van der Waals surface area contributed by atoms with Crippen molar-refractivity contribution in [3.05, 3.63) is 70.9 Å². The number of hydrogen-bond donors (Lipinski definition) is 1. The van der Waals surface area contributed by atoms with Crippen LogP contribution in [0.1, 0.15) is 18.1 Å². The van der Waals surface area contributed by atoms with Gasteiger partial charge in [-0.25, -0.2) is 9.82 Å². The SMILES string of the molecule is CCOc1cc(C=NNS(=O)(=O)c2ccc(C)cc2)ccc1Oc1nc(Cl)ncc1F. The van der Waals surface area contributed by atoms with Crippen molar-refractivity contribution >= 4 is 27.8 Å². The van der Waals surface area contributed by atoms with E-state index in [1.807, 2.05) is 6.92 Å². The highest BCUT2D eigenvalue weighted by molar-refractivity contribution is 7.89. The fourth-order valence-corrected chi connectivity index (χ4v) is 3.32. The average Bonchev–Trinajstić information content (AvgIpc) is 2.73. The molecular formula is C20H18ClFN4O4S. The quantitative estimate of drug-likeness (QED) is 0.306. The molecule has 162 valence electrons. The molecule has 31 heavy (non-hydrogen) atoms. The Morgan fingerprint density at radius 1 is 1.19 bits per heavy atom. The number of hydrazone groups is 1. The Balaban J connectivity index is 1.78. The number of halogens is 2. The van der Waals surface area contributed by atoms with Gasteiger partial charge >= 0.3 is 0 Å². The summed E-state index contributed by atoms with van der Waals surface area (Å²) < 4.78 is 49.4. The van der Waals surface area contributed by atoms with Gasteiger partial charge in [0.25, 0.3) is 15.9 Å². The van der Waals surface area contributed by atoms with Gasteiger partial charge in [-0.15, -0.1) is 0 Å². The standard InChI is InChI=1S/C20H18ClFN4O4S/c1-3-29-18-10-14(6-9-17(18)30-19-16(22)12-23-20(21)25-19)11-24-26-31(27,28)15-7-4-13(2)5-8-15/h4-12,26H,3H2,1-2H3. The highest BCUT2D eigenvalue weighted by Crippen LogP contribution is 2.32. The summed E-state index contributed by atoms with van der Waals surface area (Å²) in [7, 11) is -3.80. The normalized spacial score (nSPS) is 11.5. The van der Waals surface area contributed by atoms with Crippen molar-refractivity contribution in [1.82, 2.24) is 14.8 Å². The molecule has 0 saturated carbocycles. The van der Waals surface area contributed by atoms with Crippen LogP contribution in [0.15, 0.2) is 58.7 Å². The minimum Gasteiger partial charge on any atom is -0.490 e. The summed E-state index contributed by atoms with van der Waals surface area (Å²) in [6, 6.07) is 11.0. The summed E-state index contributed by atoms with van der Waals surface area (Å²) >= 11 is 5.68. The van der Waals surface area contributed by atoms with Gasteiger partial charge in [0, 0.05) is 0 Å². The van der Waals surface area contributed by atoms with Gasteiger partial charge in [0.1, 0.15) is 0 Å². The average molecular weight is 465 g/mol. The van der Waals surface area contributed by atoms with E-state index in [1.165, 1.54) is 24.4 Å². The van der Waals surface area contributed by atoms with E-state index >= 15 is 0 Å². The fourth-order valence-electron chi connectivity index (χ4n) is 2.40. The van der Waals surface area contributed by atoms with Gasteiger partial charge in [-0.1, -0.05) is 17.7 Å². The lowest BCUT2D eigenvalue weighted by Gasteiger charge is -2.12. The summed E-state index contributed by atoms with van der Waals surface area (Å²) in [5, 5.41) is 3.63. The van der Waals surface area contributed by atoms with E-state index in [0.717, 1.165) is 11.8 Å². The van der Waals surface area contributed by atoms with Crippen molar-refractivity contribution in [2.75, 3.05) is 6.61 Å². The molecule has 0 amide bonds. The molecule has 0 bridgehead atoms. The number of rotatable bonds is 8. The molecule has 0 unspecified atom stereocenters. The minimum atomic E-state index is -3.80. The van der Waals surface area contributed by atoms with Crippen molar-refractivity contribution in [3.8, 4) is 17.4 Å². The zero-order valence-corrected chi connectivity index (χ0v) is 18.1. The molecule has 0 saturated heterocycles. The van der Waals surface area contributed by atoms with Crippen LogP contribution in [0.3, 0.4) is 0 Å². The molecule has 1 aromatic heterocycles. The van der Waals surface area contributed by atoms with Gasteiger partial charge in [-0.05, 0) is 61.3 Å². The lowest BCUT2D eigenvalue weighted by molar-refractivity contribution is 0.316. The Hall–Kier alpha value is -3.24.